The van der Waals surface area contributed by atoms with Crippen LogP contribution in [0.25, 0.3) is 0 Å². The van der Waals surface area contributed by atoms with Crippen molar-refractivity contribution in [1.29, 1.82) is 0 Å². The van der Waals surface area contributed by atoms with Gasteiger partial charge in [-0.05, 0) is 30.4 Å². The molecule has 3 N–H and O–H groups in total. The standard InChI is InChI=1S/C37H58O8/c1-8-9-10-11-12-13-14-15-16-17-29(39)44-33-25(5)36(43)27(31-34(6,7)37(31,33)45-30(40)18-23(2)3)20-26(22-38)21-35(42)28(36)19-24(4)32(35)41/h19-20,23,25,27-28,31,33,38,42-43H,8-18,21-22H2,1-7H3/t25-,27+,28-,31-,33-,35-,36-,37-/m1/s1. The van der Waals surface area contributed by atoms with Crippen LogP contribution in [0.3, 0.4) is 0 Å². The molecule has 2 saturated carbocycles. The van der Waals surface area contributed by atoms with E-state index in [9.17, 15) is 29.7 Å². The van der Waals surface area contributed by atoms with Gasteiger partial charge in [0.2, 0.25) is 0 Å². The van der Waals surface area contributed by atoms with Gasteiger partial charge in [-0.2, -0.15) is 0 Å². The molecule has 8 heteroatoms. The van der Waals surface area contributed by atoms with E-state index in [1.165, 1.54) is 32.1 Å². The summed E-state index contributed by atoms with van der Waals surface area (Å²) in [4.78, 5) is 40.1. The minimum absolute atomic E-state index is 0.0613. The number of ether oxygens (including phenoxy) is 2. The molecule has 0 spiro atoms. The molecule has 0 aliphatic heterocycles. The molecule has 0 bridgehead atoms. The highest BCUT2D eigenvalue weighted by Gasteiger charge is 2.87. The summed E-state index contributed by atoms with van der Waals surface area (Å²) >= 11 is 0. The van der Waals surface area contributed by atoms with Crippen molar-refractivity contribution in [2.24, 2.45) is 35.0 Å². The van der Waals surface area contributed by atoms with E-state index in [0.717, 1.165) is 19.3 Å². The molecule has 254 valence electrons. The zero-order chi connectivity index (χ0) is 33.4. The lowest BCUT2D eigenvalue weighted by Crippen LogP contribution is -2.66. The molecule has 0 saturated heterocycles. The molecule has 4 aliphatic rings. The third kappa shape index (κ3) is 6.20. The summed E-state index contributed by atoms with van der Waals surface area (Å²) in [5.41, 5.74) is -4.74. The highest BCUT2D eigenvalue weighted by atomic mass is 16.6. The van der Waals surface area contributed by atoms with Gasteiger partial charge in [-0.3, -0.25) is 14.4 Å². The number of carbonyl (C=O) groups is 3. The number of aliphatic hydroxyl groups excluding tert-OH is 1. The topological polar surface area (TPSA) is 130 Å². The van der Waals surface area contributed by atoms with Crippen LogP contribution in [0, 0.1) is 35.0 Å². The van der Waals surface area contributed by atoms with Crippen LogP contribution in [0.15, 0.2) is 23.3 Å². The number of ketones is 1. The second-order valence-electron chi connectivity index (χ2n) is 15.5. The fourth-order valence-electron chi connectivity index (χ4n) is 9.17. The zero-order valence-corrected chi connectivity index (χ0v) is 28.7. The Labute approximate surface area is 270 Å². The van der Waals surface area contributed by atoms with Crippen LogP contribution in [0.4, 0.5) is 0 Å². The Morgan fingerprint density at radius 1 is 0.978 bits per heavy atom. The number of unbranched alkanes of at least 4 members (excludes halogenated alkanes) is 8. The number of fused-ring (bicyclic) bond motifs is 5. The predicted molar refractivity (Wildman–Crippen MR) is 172 cm³/mol. The third-order valence-electron chi connectivity index (χ3n) is 11.6. The molecule has 0 aromatic carbocycles. The van der Waals surface area contributed by atoms with E-state index in [1.54, 1.807) is 26.0 Å². The summed E-state index contributed by atoms with van der Waals surface area (Å²) in [6.45, 7) is 13.0. The largest absolute Gasteiger partial charge is 0.458 e. The van der Waals surface area contributed by atoms with Gasteiger partial charge in [-0.1, -0.05) is 105 Å². The van der Waals surface area contributed by atoms with Crippen molar-refractivity contribution in [2.75, 3.05) is 6.61 Å². The number of aliphatic hydroxyl groups is 3. The van der Waals surface area contributed by atoms with E-state index >= 15 is 0 Å². The third-order valence-corrected chi connectivity index (χ3v) is 11.6. The number of carbonyl (C=O) groups excluding carboxylic acids is 3. The lowest BCUT2D eigenvalue weighted by molar-refractivity contribution is -0.229. The van der Waals surface area contributed by atoms with Crippen molar-refractivity contribution >= 4 is 17.7 Å². The Morgan fingerprint density at radius 3 is 2.16 bits per heavy atom. The van der Waals surface area contributed by atoms with Crippen LogP contribution in [0.1, 0.15) is 126 Å². The average Bonchev–Trinajstić information content (AvgIpc) is 3.39. The van der Waals surface area contributed by atoms with Crippen molar-refractivity contribution in [2.45, 2.75) is 148 Å². The summed E-state index contributed by atoms with van der Waals surface area (Å²) in [5.74, 6) is -4.13. The van der Waals surface area contributed by atoms with Gasteiger partial charge in [-0.15, -0.1) is 0 Å². The van der Waals surface area contributed by atoms with Crippen molar-refractivity contribution in [1.82, 2.24) is 0 Å². The van der Waals surface area contributed by atoms with Crippen LogP contribution < -0.4 is 0 Å². The van der Waals surface area contributed by atoms with E-state index in [2.05, 4.69) is 6.92 Å². The Morgan fingerprint density at radius 2 is 1.58 bits per heavy atom. The summed E-state index contributed by atoms with van der Waals surface area (Å²) in [7, 11) is 0. The van der Waals surface area contributed by atoms with Crippen LogP contribution in [0.5, 0.6) is 0 Å². The van der Waals surface area contributed by atoms with Gasteiger partial charge in [0.05, 0.1) is 12.2 Å². The van der Waals surface area contributed by atoms with Gasteiger partial charge in [-0.25, -0.2) is 0 Å². The molecule has 2 fully saturated rings. The molecule has 0 radical (unpaired) electrons. The van der Waals surface area contributed by atoms with Gasteiger partial charge in [0, 0.05) is 48.3 Å². The van der Waals surface area contributed by atoms with Crippen LogP contribution in [0.2, 0.25) is 0 Å². The highest BCUT2D eigenvalue weighted by Crippen LogP contribution is 2.77. The first kappa shape index (κ1) is 35.8. The van der Waals surface area contributed by atoms with Crippen molar-refractivity contribution in [3.05, 3.63) is 23.3 Å². The monoisotopic (exact) mass is 630 g/mol. The number of hydrogen-bond acceptors (Lipinski definition) is 8. The molecule has 0 unspecified atom stereocenters. The molecular weight excluding hydrogens is 572 g/mol. The minimum atomic E-state index is -1.94. The number of esters is 2. The molecule has 8 atom stereocenters. The maximum atomic E-state index is 13.5. The van der Waals surface area contributed by atoms with Gasteiger partial charge in [0.15, 0.2) is 11.4 Å². The predicted octanol–water partition coefficient (Wildman–Crippen LogP) is 6.00. The molecule has 0 aromatic heterocycles. The summed E-state index contributed by atoms with van der Waals surface area (Å²) in [6, 6.07) is 0. The number of rotatable bonds is 15. The van der Waals surface area contributed by atoms with Gasteiger partial charge in [0.25, 0.3) is 0 Å². The smallest absolute Gasteiger partial charge is 0.306 e. The SMILES string of the molecule is CCCCCCCCCCCC(=O)O[C@@H]1[C@@H](C)[C@@]2(O)[C@@H](C=C(CO)C[C@]3(O)C(=O)C(C)=C[C@@H]23)[C@@H]2C(C)(C)[C@]12OC(=O)CC(C)C. The molecule has 8 nitrogen and oxygen atoms in total. The van der Waals surface area contributed by atoms with Crippen molar-refractivity contribution in [3.63, 3.8) is 0 Å². The van der Waals surface area contributed by atoms with Crippen LogP contribution in [-0.2, 0) is 23.9 Å². The molecular formula is C37H58O8. The molecule has 45 heavy (non-hydrogen) atoms. The maximum Gasteiger partial charge on any atom is 0.306 e. The Balaban J connectivity index is 1.63. The Kier molecular flexibility index (Phi) is 10.8. The normalized spacial score (nSPS) is 36.3. The van der Waals surface area contributed by atoms with Crippen molar-refractivity contribution in [3.8, 4) is 0 Å². The second kappa shape index (κ2) is 13.6. The maximum absolute atomic E-state index is 13.5. The van der Waals surface area contributed by atoms with E-state index in [-0.39, 0.29) is 37.8 Å². The first-order chi connectivity index (χ1) is 21.1. The van der Waals surface area contributed by atoms with E-state index in [0.29, 0.717) is 17.6 Å². The second-order valence-corrected chi connectivity index (χ2v) is 15.5. The number of Topliss-reactive ketones (excluding diaryl/α,β-unsaturated/α-hetero) is 1. The first-order valence-electron chi connectivity index (χ1n) is 17.5. The van der Waals surface area contributed by atoms with Gasteiger partial charge in [0.1, 0.15) is 11.7 Å². The van der Waals surface area contributed by atoms with Gasteiger partial charge < -0.3 is 24.8 Å². The van der Waals surface area contributed by atoms with Crippen molar-refractivity contribution < 1.29 is 39.2 Å². The summed E-state index contributed by atoms with van der Waals surface area (Å²) < 4.78 is 12.7. The molecule has 4 aliphatic carbocycles. The van der Waals surface area contributed by atoms with Gasteiger partial charge >= 0.3 is 11.9 Å². The summed E-state index contributed by atoms with van der Waals surface area (Å²) in [6.07, 6.45) is 12.8. The highest BCUT2D eigenvalue weighted by molar-refractivity contribution is 6.04. The quantitative estimate of drug-likeness (QED) is 0.114. The molecule has 0 aromatic rings. The fourth-order valence-corrected chi connectivity index (χ4v) is 9.17. The van der Waals surface area contributed by atoms with Crippen LogP contribution >= 0.6 is 0 Å². The number of hydrogen-bond donors (Lipinski definition) is 3. The lowest BCUT2D eigenvalue weighted by atomic mass is 9.59. The molecule has 0 amide bonds. The minimum Gasteiger partial charge on any atom is -0.458 e. The Hall–Kier alpha value is -2.03. The average molecular weight is 631 g/mol. The van der Waals surface area contributed by atoms with E-state index < -0.39 is 63.7 Å². The fraction of sp³-hybridized carbons (Fsp3) is 0.811. The van der Waals surface area contributed by atoms with E-state index in [4.69, 9.17) is 9.47 Å². The molecule has 0 heterocycles. The first-order valence-corrected chi connectivity index (χ1v) is 17.5. The zero-order valence-electron chi connectivity index (χ0n) is 28.7. The van der Waals surface area contributed by atoms with E-state index in [1.807, 2.05) is 27.7 Å². The van der Waals surface area contributed by atoms with Crippen LogP contribution in [-0.4, -0.2) is 62.6 Å². The lowest BCUT2D eigenvalue weighted by Gasteiger charge is -2.53. The molecule has 4 rings (SSSR count). The Bertz CT molecular complexity index is 1180. The summed E-state index contributed by atoms with van der Waals surface area (Å²) in [5, 5.41) is 35.1.